The van der Waals surface area contributed by atoms with Gasteiger partial charge in [-0.25, -0.2) is 9.37 Å². The molecule has 78 valence electrons. The summed E-state index contributed by atoms with van der Waals surface area (Å²) in [5.74, 6) is -0.351. The van der Waals surface area contributed by atoms with Gasteiger partial charge in [-0.05, 0) is 12.1 Å². The van der Waals surface area contributed by atoms with Crippen molar-refractivity contribution in [2.45, 2.75) is 6.61 Å². The molecule has 0 radical (unpaired) electrons. The number of pyridine rings is 1. The molecule has 15 heavy (non-hydrogen) atoms. The van der Waals surface area contributed by atoms with Crippen molar-refractivity contribution in [2.24, 2.45) is 0 Å². The zero-order valence-corrected chi connectivity index (χ0v) is 8.92. The summed E-state index contributed by atoms with van der Waals surface area (Å²) in [7, 11) is 1.60. The first kappa shape index (κ1) is 10.2. The Bertz CT molecular complexity index is 458. The summed E-state index contributed by atoms with van der Waals surface area (Å²) in [6.07, 6.45) is 1.55. The first-order chi connectivity index (χ1) is 7.31. The van der Waals surface area contributed by atoms with E-state index in [1.54, 1.807) is 19.4 Å². The van der Waals surface area contributed by atoms with E-state index >= 15 is 0 Å². The van der Waals surface area contributed by atoms with Crippen LogP contribution in [0.1, 0.15) is 5.69 Å². The van der Waals surface area contributed by atoms with Crippen molar-refractivity contribution in [3.8, 4) is 10.7 Å². The molecule has 0 saturated carbocycles. The summed E-state index contributed by atoms with van der Waals surface area (Å²) in [6.45, 7) is 0.435. The van der Waals surface area contributed by atoms with E-state index in [2.05, 4.69) is 9.97 Å². The van der Waals surface area contributed by atoms with Gasteiger partial charge in [0.2, 0.25) is 0 Å². The molecule has 0 unspecified atom stereocenters. The molecule has 2 aromatic heterocycles. The monoisotopic (exact) mass is 224 g/mol. The van der Waals surface area contributed by atoms with Crippen molar-refractivity contribution >= 4 is 11.3 Å². The van der Waals surface area contributed by atoms with Gasteiger partial charge in [0, 0.05) is 18.7 Å². The fourth-order valence-corrected chi connectivity index (χ4v) is 1.97. The maximum Gasteiger partial charge on any atom is 0.151 e. The molecule has 2 aromatic rings. The molecule has 0 fully saturated rings. The Morgan fingerprint density at radius 1 is 1.53 bits per heavy atom. The zero-order valence-electron chi connectivity index (χ0n) is 8.11. The third-order valence-electron chi connectivity index (χ3n) is 1.81. The fraction of sp³-hybridized carbons (Fsp3) is 0.200. The first-order valence-corrected chi connectivity index (χ1v) is 5.23. The normalized spacial score (nSPS) is 10.5. The van der Waals surface area contributed by atoms with Gasteiger partial charge in [0.25, 0.3) is 0 Å². The Hall–Kier alpha value is -1.33. The van der Waals surface area contributed by atoms with Crippen LogP contribution in [0.15, 0.2) is 23.7 Å². The van der Waals surface area contributed by atoms with E-state index in [0.717, 1.165) is 5.69 Å². The molecular formula is C10H9FN2OS. The van der Waals surface area contributed by atoms with E-state index in [4.69, 9.17) is 4.74 Å². The lowest BCUT2D eigenvalue weighted by atomic mass is 10.3. The minimum Gasteiger partial charge on any atom is -0.378 e. The largest absolute Gasteiger partial charge is 0.378 e. The van der Waals surface area contributed by atoms with E-state index in [1.807, 2.05) is 5.38 Å². The molecule has 0 aliphatic carbocycles. The van der Waals surface area contributed by atoms with Crippen LogP contribution in [0, 0.1) is 5.82 Å². The summed E-state index contributed by atoms with van der Waals surface area (Å²) >= 11 is 1.36. The number of rotatable bonds is 3. The maximum atomic E-state index is 13.3. The van der Waals surface area contributed by atoms with Crippen molar-refractivity contribution in [2.75, 3.05) is 7.11 Å². The second-order valence-electron chi connectivity index (χ2n) is 2.91. The highest BCUT2D eigenvalue weighted by Gasteiger charge is 2.10. The van der Waals surface area contributed by atoms with Gasteiger partial charge in [-0.3, -0.25) is 4.98 Å². The molecule has 2 rings (SSSR count). The summed E-state index contributed by atoms with van der Waals surface area (Å²) in [4.78, 5) is 8.18. The third kappa shape index (κ3) is 2.19. The molecule has 0 amide bonds. The molecule has 0 atom stereocenters. The number of ether oxygens (including phenoxy) is 1. The highest BCUT2D eigenvalue weighted by molar-refractivity contribution is 7.13. The van der Waals surface area contributed by atoms with Crippen LogP contribution in [0.2, 0.25) is 0 Å². The summed E-state index contributed by atoms with van der Waals surface area (Å²) in [5.41, 5.74) is 1.09. The quantitative estimate of drug-likeness (QED) is 0.803. The van der Waals surface area contributed by atoms with E-state index in [1.165, 1.54) is 17.4 Å². The molecular weight excluding hydrogens is 215 g/mol. The number of halogens is 1. The topological polar surface area (TPSA) is 35.0 Å². The Balaban J connectivity index is 2.33. The van der Waals surface area contributed by atoms with Crippen LogP contribution in [-0.2, 0) is 11.3 Å². The first-order valence-electron chi connectivity index (χ1n) is 4.35. The summed E-state index contributed by atoms with van der Waals surface area (Å²) < 4.78 is 18.3. The molecule has 2 heterocycles. The minimum absolute atomic E-state index is 0.296. The van der Waals surface area contributed by atoms with Crippen LogP contribution in [0.5, 0.6) is 0 Å². The average molecular weight is 224 g/mol. The number of aromatic nitrogens is 2. The van der Waals surface area contributed by atoms with Gasteiger partial charge >= 0.3 is 0 Å². The summed E-state index contributed by atoms with van der Waals surface area (Å²) in [5, 5.41) is 2.42. The lowest BCUT2D eigenvalue weighted by Gasteiger charge is -1.96. The number of hydrogen-bond acceptors (Lipinski definition) is 4. The lowest BCUT2D eigenvalue weighted by Crippen LogP contribution is -1.90. The molecule has 0 aliphatic heterocycles. The predicted octanol–water partition coefficient (Wildman–Crippen LogP) is 2.49. The van der Waals surface area contributed by atoms with Crippen LogP contribution in [-0.4, -0.2) is 17.1 Å². The van der Waals surface area contributed by atoms with Gasteiger partial charge in [-0.1, -0.05) is 0 Å². The average Bonchev–Trinajstić information content (AvgIpc) is 2.68. The highest BCUT2D eigenvalue weighted by Crippen LogP contribution is 2.24. The molecule has 0 aromatic carbocycles. The third-order valence-corrected chi connectivity index (χ3v) is 2.70. The lowest BCUT2D eigenvalue weighted by molar-refractivity contribution is 0.182. The second kappa shape index (κ2) is 4.46. The van der Waals surface area contributed by atoms with E-state index in [-0.39, 0.29) is 5.82 Å². The van der Waals surface area contributed by atoms with E-state index in [0.29, 0.717) is 17.3 Å². The van der Waals surface area contributed by atoms with Crippen molar-refractivity contribution < 1.29 is 9.13 Å². The van der Waals surface area contributed by atoms with Crippen molar-refractivity contribution in [3.05, 3.63) is 35.2 Å². The number of nitrogens with zero attached hydrogens (tertiary/aromatic N) is 2. The van der Waals surface area contributed by atoms with Gasteiger partial charge in [0.1, 0.15) is 10.7 Å². The van der Waals surface area contributed by atoms with Crippen LogP contribution < -0.4 is 0 Å². The Morgan fingerprint density at radius 2 is 2.40 bits per heavy atom. The highest BCUT2D eigenvalue weighted by atomic mass is 32.1. The van der Waals surface area contributed by atoms with Crippen molar-refractivity contribution in [1.82, 2.24) is 9.97 Å². The minimum atomic E-state index is -0.351. The fourth-order valence-electron chi connectivity index (χ4n) is 1.17. The molecule has 5 heteroatoms. The standard InChI is InChI=1S/C10H9FN2OS/c1-14-5-7-6-15-10(13-7)9-8(11)3-2-4-12-9/h2-4,6H,5H2,1H3. The van der Waals surface area contributed by atoms with Crippen LogP contribution in [0.25, 0.3) is 10.7 Å². The smallest absolute Gasteiger partial charge is 0.151 e. The van der Waals surface area contributed by atoms with Crippen LogP contribution in [0.4, 0.5) is 4.39 Å². The summed E-state index contributed by atoms with van der Waals surface area (Å²) in [6, 6.07) is 2.93. The number of hydrogen-bond donors (Lipinski definition) is 0. The second-order valence-corrected chi connectivity index (χ2v) is 3.77. The zero-order chi connectivity index (χ0) is 10.7. The Labute approximate surface area is 90.6 Å². The van der Waals surface area contributed by atoms with Gasteiger partial charge in [-0.2, -0.15) is 0 Å². The van der Waals surface area contributed by atoms with Crippen molar-refractivity contribution in [3.63, 3.8) is 0 Å². The molecule has 3 nitrogen and oxygen atoms in total. The molecule has 0 spiro atoms. The number of thiazole rings is 1. The van der Waals surface area contributed by atoms with Crippen LogP contribution >= 0.6 is 11.3 Å². The number of methoxy groups -OCH3 is 1. The van der Waals surface area contributed by atoms with E-state index < -0.39 is 0 Å². The van der Waals surface area contributed by atoms with Crippen molar-refractivity contribution in [1.29, 1.82) is 0 Å². The van der Waals surface area contributed by atoms with Crippen LogP contribution in [0.3, 0.4) is 0 Å². The van der Waals surface area contributed by atoms with Gasteiger partial charge in [-0.15, -0.1) is 11.3 Å². The van der Waals surface area contributed by atoms with Gasteiger partial charge < -0.3 is 4.74 Å². The Kier molecular flexibility index (Phi) is 3.03. The van der Waals surface area contributed by atoms with Gasteiger partial charge in [0.05, 0.1) is 12.3 Å². The molecule has 0 N–H and O–H groups in total. The van der Waals surface area contributed by atoms with Gasteiger partial charge in [0.15, 0.2) is 5.82 Å². The predicted molar refractivity (Wildman–Crippen MR) is 56.0 cm³/mol. The van der Waals surface area contributed by atoms with E-state index in [9.17, 15) is 4.39 Å². The SMILES string of the molecule is COCc1csc(-c2ncccc2F)n1. The molecule has 0 saturated heterocycles. The Morgan fingerprint density at radius 3 is 3.13 bits per heavy atom. The molecule has 0 aliphatic rings. The maximum absolute atomic E-state index is 13.3. The molecule has 0 bridgehead atoms.